The van der Waals surface area contributed by atoms with Crippen LogP contribution in [0.3, 0.4) is 0 Å². The first-order valence-electron chi connectivity index (χ1n) is 4.17. The number of carboxylic acid groups (broad SMARTS) is 1. The molecule has 0 aromatic carbocycles. The summed E-state index contributed by atoms with van der Waals surface area (Å²) in [6.07, 6.45) is 6.93. The molecule has 0 spiro atoms. The van der Waals surface area contributed by atoms with E-state index in [0.29, 0.717) is 11.9 Å². The molecule has 1 heterocycles. The van der Waals surface area contributed by atoms with E-state index in [1.54, 1.807) is 12.2 Å². The van der Waals surface area contributed by atoms with E-state index in [9.17, 15) is 9.59 Å². The van der Waals surface area contributed by atoms with Crippen molar-refractivity contribution < 1.29 is 19.4 Å². The van der Waals surface area contributed by atoms with Crippen LogP contribution in [0.5, 0.6) is 0 Å². The fraction of sp³-hybridized carbons (Fsp3) is 0.200. The zero-order valence-electron chi connectivity index (χ0n) is 7.21. The maximum atomic E-state index is 10.6. The number of aliphatic carboxylic acids is 1. The first kappa shape index (κ1) is 8.74. The highest BCUT2D eigenvalue weighted by molar-refractivity contribution is 5.86. The smallest absolute Gasteiger partial charge is 0.370 e. The predicted octanol–water partition coefficient (Wildman–Crippen LogP) is 0.665. The van der Waals surface area contributed by atoms with Gasteiger partial charge in [0.05, 0.1) is 0 Å². The molecule has 2 unspecified atom stereocenters. The third-order valence-corrected chi connectivity index (χ3v) is 2.24. The molecule has 0 aromatic rings. The molecule has 1 aliphatic heterocycles. The van der Waals surface area contributed by atoms with E-state index in [1.165, 1.54) is 6.08 Å². The van der Waals surface area contributed by atoms with Crippen LogP contribution in [-0.4, -0.2) is 23.5 Å². The molecule has 1 N–H and O–H groups in total. The number of ether oxygens (including phenoxy) is 1. The van der Waals surface area contributed by atoms with Gasteiger partial charge < -0.3 is 9.84 Å². The molecule has 0 radical (unpaired) electrons. The lowest BCUT2D eigenvalue weighted by atomic mass is 9.93. The Morgan fingerprint density at radius 2 is 2.36 bits per heavy atom. The topological polar surface area (TPSA) is 63.6 Å². The van der Waals surface area contributed by atoms with Crippen LogP contribution in [0.25, 0.3) is 0 Å². The maximum absolute atomic E-state index is 10.6. The molecule has 0 bridgehead atoms. The third kappa shape index (κ3) is 1.25. The molecule has 0 amide bonds. The number of hydrogen-bond acceptors (Lipinski definition) is 3. The molecule has 0 fully saturated rings. The van der Waals surface area contributed by atoms with Crippen molar-refractivity contribution in [1.82, 2.24) is 0 Å². The van der Waals surface area contributed by atoms with Gasteiger partial charge in [0.2, 0.25) is 5.76 Å². The fourth-order valence-electron chi connectivity index (χ4n) is 1.58. The van der Waals surface area contributed by atoms with Gasteiger partial charge in [-0.3, -0.25) is 4.79 Å². The van der Waals surface area contributed by atoms with Crippen LogP contribution >= 0.6 is 0 Å². The number of rotatable bonds is 2. The average Bonchev–Trinajstić information content (AvgIpc) is 2.60. The summed E-state index contributed by atoms with van der Waals surface area (Å²) < 4.78 is 5.14. The standard InChI is InChI=1S/C10H8O4/c11-5-7-3-1-2-6-4-8(10(12)13)14-9(6)7/h1-6,9H,(H,12,13). The van der Waals surface area contributed by atoms with Crippen LogP contribution in [0.1, 0.15) is 0 Å². The van der Waals surface area contributed by atoms with Crippen LogP contribution in [0.15, 0.2) is 35.6 Å². The van der Waals surface area contributed by atoms with Crippen LogP contribution in [0.2, 0.25) is 0 Å². The van der Waals surface area contributed by atoms with Gasteiger partial charge in [0.1, 0.15) is 12.4 Å². The van der Waals surface area contributed by atoms with Crippen LogP contribution < -0.4 is 0 Å². The zero-order chi connectivity index (χ0) is 10.1. The van der Waals surface area contributed by atoms with Gasteiger partial charge in [0, 0.05) is 11.5 Å². The van der Waals surface area contributed by atoms with E-state index < -0.39 is 12.1 Å². The highest BCUT2D eigenvalue weighted by Crippen LogP contribution is 2.31. The Kier molecular flexibility index (Phi) is 1.96. The molecule has 0 saturated heterocycles. The lowest BCUT2D eigenvalue weighted by Crippen LogP contribution is -2.21. The van der Waals surface area contributed by atoms with Crippen molar-refractivity contribution in [3.8, 4) is 0 Å². The number of carboxylic acids is 1. The first-order chi connectivity index (χ1) is 6.72. The normalized spacial score (nSPS) is 28.6. The van der Waals surface area contributed by atoms with Gasteiger partial charge in [-0.1, -0.05) is 18.2 Å². The van der Waals surface area contributed by atoms with Crippen LogP contribution in [0, 0.1) is 5.92 Å². The summed E-state index contributed by atoms with van der Waals surface area (Å²) in [5.74, 6) is -1.32. The van der Waals surface area contributed by atoms with Crippen molar-refractivity contribution >= 4 is 12.3 Å². The molecule has 0 aromatic heterocycles. The summed E-state index contributed by atoms with van der Waals surface area (Å²) >= 11 is 0. The largest absolute Gasteiger partial charge is 0.478 e. The van der Waals surface area contributed by atoms with E-state index in [-0.39, 0.29) is 11.7 Å². The Bertz CT molecular complexity index is 376. The predicted molar refractivity (Wildman–Crippen MR) is 47.4 cm³/mol. The number of carbonyl (C=O) groups excluding carboxylic acids is 1. The maximum Gasteiger partial charge on any atom is 0.370 e. The van der Waals surface area contributed by atoms with Gasteiger partial charge in [-0.05, 0) is 6.08 Å². The van der Waals surface area contributed by atoms with Crippen molar-refractivity contribution in [2.24, 2.45) is 5.92 Å². The fourth-order valence-corrected chi connectivity index (χ4v) is 1.58. The van der Waals surface area contributed by atoms with Gasteiger partial charge in [-0.15, -0.1) is 0 Å². The number of carbonyl (C=O) groups is 2. The lowest BCUT2D eigenvalue weighted by Gasteiger charge is -2.18. The molecule has 2 atom stereocenters. The Morgan fingerprint density at radius 1 is 1.57 bits per heavy atom. The van der Waals surface area contributed by atoms with Crippen molar-refractivity contribution in [3.63, 3.8) is 0 Å². The van der Waals surface area contributed by atoms with Gasteiger partial charge in [0.15, 0.2) is 0 Å². The van der Waals surface area contributed by atoms with Gasteiger partial charge in [-0.25, -0.2) is 4.79 Å². The van der Waals surface area contributed by atoms with Gasteiger partial charge in [-0.2, -0.15) is 0 Å². The molecule has 2 rings (SSSR count). The second kappa shape index (κ2) is 3.14. The molecular weight excluding hydrogens is 184 g/mol. The van der Waals surface area contributed by atoms with Crippen molar-refractivity contribution in [2.45, 2.75) is 6.10 Å². The number of hydrogen-bond donors (Lipinski definition) is 1. The van der Waals surface area contributed by atoms with Crippen LogP contribution in [0.4, 0.5) is 0 Å². The highest BCUT2D eigenvalue weighted by Gasteiger charge is 2.34. The lowest BCUT2D eigenvalue weighted by molar-refractivity contribution is -0.136. The summed E-state index contributed by atoms with van der Waals surface area (Å²) in [4.78, 5) is 21.2. The minimum atomic E-state index is -1.10. The van der Waals surface area contributed by atoms with E-state index >= 15 is 0 Å². The van der Waals surface area contributed by atoms with E-state index in [2.05, 4.69) is 0 Å². The number of allylic oxidation sites excluding steroid dienone is 2. The minimum absolute atomic E-state index is 0.0840. The molecule has 72 valence electrons. The molecule has 2 aliphatic rings. The Balaban J connectivity index is 2.27. The monoisotopic (exact) mass is 192 g/mol. The van der Waals surface area contributed by atoms with Gasteiger partial charge >= 0.3 is 5.97 Å². The zero-order valence-corrected chi connectivity index (χ0v) is 7.21. The second-order valence-electron chi connectivity index (χ2n) is 3.12. The average molecular weight is 192 g/mol. The number of fused-ring (bicyclic) bond motifs is 1. The molecule has 0 saturated carbocycles. The molecule has 14 heavy (non-hydrogen) atoms. The second-order valence-corrected chi connectivity index (χ2v) is 3.12. The van der Waals surface area contributed by atoms with Gasteiger partial charge in [0.25, 0.3) is 0 Å². The molecule has 1 aliphatic carbocycles. The minimum Gasteiger partial charge on any atom is -0.478 e. The van der Waals surface area contributed by atoms with Crippen molar-refractivity contribution in [1.29, 1.82) is 0 Å². The van der Waals surface area contributed by atoms with E-state index in [1.807, 2.05) is 6.08 Å². The Morgan fingerprint density at radius 3 is 3.00 bits per heavy atom. The summed E-state index contributed by atoms with van der Waals surface area (Å²) in [5, 5.41) is 8.69. The van der Waals surface area contributed by atoms with E-state index in [0.717, 1.165) is 0 Å². The van der Waals surface area contributed by atoms with E-state index in [4.69, 9.17) is 9.84 Å². The first-order valence-corrected chi connectivity index (χ1v) is 4.17. The molecule has 4 nitrogen and oxygen atoms in total. The summed E-state index contributed by atoms with van der Waals surface area (Å²) in [5.41, 5.74) is 0.477. The highest BCUT2D eigenvalue weighted by atomic mass is 16.5. The van der Waals surface area contributed by atoms with Crippen molar-refractivity contribution in [3.05, 3.63) is 35.6 Å². The Labute approximate surface area is 80.2 Å². The van der Waals surface area contributed by atoms with Crippen molar-refractivity contribution in [2.75, 3.05) is 0 Å². The summed E-state index contributed by atoms with van der Waals surface area (Å²) in [6.45, 7) is 0. The molecular formula is C10H8O4. The number of aldehydes is 1. The summed E-state index contributed by atoms with van der Waals surface area (Å²) in [6, 6.07) is 0. The SMILES string of the molecule is O=CC1=CC=CC2C=C(C(=O)O)OC12. The molecule has 4 heteroatoms. The summed E-state index contributed by atoms with van der Waals surface area (Å²) in [7, 11) is 0. The van der Waals surface area contributed by atoms with Crippen LogP contribution in [-0.2, 0) is 14.3 Å². The quantitative estimate of drug-likeness (QED) is 0.653. The third-order valence-electron chi connectivity index (χ3n) is 2.24. The Hall–Kier alpha value is -1.84.